The third-order valence-corrected chi connectivity index (χ3v) is 5.29. The van der Waals surface area contributed by atoms with Gasteiger partial charge in [-0.25, -0.2) is 4.98 Å². The summed E-state index contributed by atoms with van der Waals surface area (Å²) in [5.74, 6) is 1.02. The summed E-state index contributed by atoms with van der Waals surface area (Å²) in [6.07, 6.45) is 6.58. The molecular weight excluding hydrogens is 282 g/mol. The molecule has 2 saturated heterocycles. The zero-order valence-corrected chi connectivity index (χ0v) is 13.4. The van der Waals surface area contributed by atoms with Gasteiger partial charge in [-0.1, -0.05) is 13.3 Å². The maximum atomic E-state index is 12.4. The molecule has 3 rings (SSSR count). The van der Waals surface area contributed by atoms with Crippen molar-refractivity contribution in [1.82, 2.24) is 15.2 Å². The average molecular weight is 305 g/mol. The number of nitrogens with one attached hydrogen (secondary N) is 1. The van der Waals surface area contributed by atoms with E-state index in [1.54, 1.807) is 18.0 Å². The van der Waals surface area contributed by atoms with Crippen molar-refractivity contribution >= 4 is 17.7 Å². The molecule has 21 heavy (non-hydrogen) atoms. The second kappa shape index (κ2) is 6.79. The molecule has 4 nitrogen and oxygen atoms in total. The molecule has 1 aromatic heterocycles. The Kier molecular flexibility index (Phi) is 4.80. The predicted octanol–water partition coefficient (Wildman–Crippen LogP) is 2.55. The van der Waals surface area contributed by atoms with Crippen LogP contribution >= 0.6 is 11.8 Å². The molecule has 114 valence electrons. The number of hydrogen-bond donors (Lipinski definition) is 1. The highest BCUT2D eigenvalue weighted by molar-refractivity contribution is 7.99. The van der Waals surface area contributed by atoms with E-state index in [-0.39, 0.29) is 5.91 Å². The van der Waals surface area contributed by atoms with E-state index in [0.29, 0.717) is 17.6 Å². The summed E-state index contributed by atoms with van der Waals surface area (Å²) < 4.78 is 0. The Bertz CT molecular complexity index is 491. The van der Waals surface area contributed by atoms with Crippen molar-refractivity contribution in [2.24, 2.45) is 0 Å². The minimum Gasteiger partial charge on any atom is -0.348 e. The first-order valence-corrected chi connectivity index (χ1v) is 8.90. The van der Waals surface area contributed by atoms with Crippen LogP contribution < -0.4 is 5.32 Å². The topological polar surface area (TPSA) is 45.2 Å². The Hall–Kier alpha value is -1.07. The molecule has 2 unspecified atom stereocenters. The molecule has 2 aliphatic heterocycles. The van der Waals surface area contributed by atoms with E-state index in [9.17, 15) is 4.79 Å². The number of fused-ring (bicyclic) bond motifs is 1. The van der Waals surface area contributed by atoms with Gasteiger partial charge in [-0.2, -0.15) is 0 Å². The molecule has 0 radical (unpaired) electrons. The summed E-state index contributed by atoms with van der Waals surface area (Å²) in [6.45, 7) is 4.42. The van der Waals surface area contributed by atoms with Gasteiger partial charge in [0.15, 0.2) is 0 Å². The monoisotopic (exact) mass is 305 g/mol. The molecule has 0 bridgehead atoms. The third kappa shape index (κ3) is 3.40. The van der Waals surface area contributed by atoms with E-state index < -0.39 is 0 Å². The first-order valence-electron chi connectivity index (χ1n) is 7.91. The molecule has 2 atom stereocenters. The summed E-state index contributed by atoms with van der Waals surface area (Å²) >= 11 is 1.69. The molecule has 2 fully saturated rings. The van der Waals surface area contributed by atoms with Crippen LogP contribution in [-0.4, -0.2) is 46.7 Å². The van der Waals surface area contributed by atoms with Crippen LogP contribution in [0.3, 0.4) is 0 Å². The lowest BCUT2D eigenvalue weighted by Gasteiger charge is -2.32. The Morgan fingerprint density at radius 2 is 2.29 bits per heavy atom. The third-order valence-electron chi connectivity index (χ3n) is 4.46. The van der Waals surface area contributed by atoms with Crippen LogP contribution in [0.4, 0.5) is 0 Å². The van der Waals surface area contributed by atoms with Crippen LogP contribution in [0.5, 0.6) is 0 Å². The fraction of sp³-hybridized carbons (Fsp3) is 0.625. The van der Waals surface area contributed by atoms with Crippen molar-refractivity contribution in [3.05, 3.63) is 23.9 Å². The van der Waals surface area contributed by atoms with Crippen molar-refractivity contribution in [3.63, 3.8) is 0 Å². The van der Waals surface area contributed by atoms with Crippen molar-refractivity contribution in [2.45, 2.75) is 49.7 Å². The van der Waals surface area contributed by atoms with Crippen molar-refractivity contribution < 1.29 is 4.79 Å². The molecule has 0 spiro atoms. The van der Waals surface area contributed by atoms with Gasteiger partial charge in [0.1, 0.15) is 0 Å². The van der Waals surface area contributed by atoms with Crippen molar-refractivity contribution in [2.75, 3.05) is 18.8 Å². The summed E-state index contributed by atoms with van der Waals surface area (Å²) in [5.41, 5.74) is 0.671. The van der Waals surface area contributed by atoms with E-state index >= 15 is 0 Å². The number of rotatable bonds is 4. The van der Waals surface area contributed by atoms with Gasteiger partial charge in [0, 0.05) is 24.8 Å². The van der Waals surface area contributed by atoms with Gasteiger partial charge in [0.05, 0.1) is 10.6 Å². The highest BCUT2D eigenvalue weighted by Crippen LogP contribution is 2.27. The summed E-state index contributed by atoms with van der Waals surface area (Å²) in [6, 6.07) is 4.67. The standard InChI is InChI=1S/C16H23N3OS/c1-2-21-15-7-6-12(11-17-15)16(20)18-13-8-10-19-9-4-3-5-14(13)19/h6-7,11,13-14H,2-5,8-10H2,1H3,(H,18,20). The zero-order chi connectivity index (χ0) is 14.7. The molecule has 2 aliphatic rings. The largest absolute Gasteiger partial charge is 0.348 e. The number of amides is 1. The number of carbonyl (C=O) groups excluding carboxylic acids is 1. The number of hydrogen-bond acceptors (Lipinski definition) is 4. The molecule has 0 aromatic carbocycles. The zero-order valence-electron chi connectivity index (χ0n) is 12.5. The van der Waals surface area contributed by atoms with Gasteiger partial charge < -0.3 is 5.32 Å². The number of nitrogens with zero attached hydrogens (tertiary/aromatic N) is 2. The van der Waals surface area contributed by atoms with E-state index in [0.717, 1.165) is 23.7 Å². The maximum absolute atomic E-state index is 12.4. The molecular formula is C16H23N3OS. The highest BCUT2D eigenvalue weighted by atomic mass is 32.2. The number of piperidine rings is 1. The van der Waals surface area contributed by atoms with Crippen LogP contribution in [-0.2, 0) is 0 Å². The lowest BCUT2D eigenvalue weighted by Crippen LogP contribution is -2.46. The SMILES string of the molecule is CCSc1ccc(C(=O)NC2CCN3CCCCC23)cn1. The van der Waals surface area contributed by atoms with Gasteiger partial charge in [0.2, 0.25) is 0 Å². The average Bonchev–Trinajstić information content (AvgIpc) is 2.92. The Balaban J connectivity index is 1.60. The lowest BCUT2D eigenvalue weighted by atomic mass is 9.99. The van der Waals surface area contributed by atoms with Gasteiger partial charge in [-0.05, 0) is 43.7 Å². The van der Waals surface area contributed by atoms with Crippen molar-refractivity contribution in [1.29, 1.82) is 0 Å². The smallest absolute Gasteiger partial charge is 0.253 e. The number of pyridine rings is 1. The van der Waals surface area contributed by atoms with Gasteiger partial charge in [-0.3, -0.25) is 9.69 Å². The Morgan fingerprint density at radius 1 is 1.38 bits per heavy atom. The lowest BCUT2D eigenvalue weighted by molar-refractivity contribution is 0.0915. The Labute approximate surface area is 130 Å². The number of carbonyl (C=O) groups is 1. The van der Waals surface area contributed by atoms with Gasteiger partial charge >= 0.3 is 0 Å². The molecule has 3 heterocycles. The second-order valence-electron chi connectivity index (χ2n) is 5.79. The van der Waals surface area contributed by atoms with Gasteiger partial charge in [0.25, 0.3) is 5.91 Å². The van der Waals surface area contributed by atoms with E-state index in [1.165, 1.54) is 25.8 Å². The number of aromatic nitrogens is 1. The maximum Gasteiger partial charge on any atom is 0.253 e. The first kappa shape index (κ1) is 14.9. The second-order valence-corrected chi connectivity index (χ2v) is 7.07. The molecule has 1 amide bonds. The van der Waals surface area contributed by atoms with E-state index in [1.807, 2.05) is 12.1 Å². The first-order chi connectivity index (χ1) is 10.3. The minimum absolute atomic E-state index is 0.0213. The summed E-state index contributed by atoms with van der Waals surface area (Å²) in [7, 11) is 0. The molecule has 1 aromatic rings. The van der Waals surface area contributed by atoms with Crippen LogP contribution in [0.2, 0.25) is 0 Å². The predicted molar refractivity (Wildman–Crippen MR) is 85.7 cm³/mol. The van der Waals surface area contributed by atoms with Crippen LogP contribution in [0.15, 0.2) is 23.4 Å². The summed E-state index contributed by atoms with van der Waals surface area (Å²) in [5, 5.41) is 4.20. The van der Waals surface area contributed by atoms with Gasteiger partial charge in [-0.15, -0.1) is 11.8 Å². The van der Waals surface area contributed by atoms with E-state index in [4.69, 9.17) is 0 Å². The fourth-order valence-electron chi connectivity index (χ4n) is 3.42. The summed E-state index contributed by atoms with van der Waals surface area (Å²) in [4.78, 5) is 19.2. The number of thioether (sulfide) groups is 1. The van der Waals surface area contributed by atoms with Crippen molar-refractivity contribution in [3.8, 4) is 0 Å². The van der Waals surface area contributed by atoms with Crippen LogP contribution in [0.1, 0.15) is 43.0 Å². The highest BCUT2D eigenvalue weighted by Gasteiger charge is 2.36. The van der Waals surface area contributed by atoms with E-state index in [2.05, 4.69) is 22.1 Å². The molecule has 1 N–H and O–H groups in total. The molecule has 0 aliphatic carbocycles. The minimum atomic E-state index is 0.0213. The molecule has 0 saturated carbocycles. The van der Waals surface area contributed by atoms with Crippen LogP contribution in [0.25, 0.3) is 0 Å². The fourth-order valence-corrected chi connectivity index (χ4v) is 4.00. The normalized spacial score (nSPS) is 25.6. The van der Waals surface area contributed by atoms with Crippen LogP contribution in [0, 0.1) is 0 Å². The Morgan fingerprint density at radius 3 is 3.05 bits per heavy atom. The molecule has 5 heteroatoms. The quantitative estimate of drug-likeness (QED) is 0.868.